The second kappa shape index (κ2) is 6.49. The van der Waals surface area contributed by atoms with Gasteiger partial charge in [0.05, 0.1) is 6.04 Å². The Kier molecular flexibility index (Phi) is 4.25. The van der Waals surface area contributed by atoms with Crippen molar-refractivity contribution in [2.24, 2.45) is 0 Å². The fourth-order valence-corrected chi connectivity index (χ4v) is 2.41. The van der Waals surface area contributed by atoms with Gasteiger partial charge >= 0.3 is 6.09 Å². The van der Waals surface area contributed by atoms with E-state index in [1.807, 2.05) is 54.6 Å². The van der Waals surface area contributed by atoms with Crippen molar-refractivity contribution in [2.45, 2.75) is 18.8 Å². The number of alkyl carbamates (subject to hydrolysis) is 1. The summed E-state index contributed by atoms with van der Waals surface area (Å²) >= 11 is 0. The Labute approximate surface area is 128 Å². The van der Waals surface area contributed by atoms with Crippen LogP contribution in [0.25, 0.3) is 0 Å². The zero-order valence-corrected chi connectivity index (χ0v) is 11.9. The van der Waals surface area contributed by atoms with Crippen molar-refractivity contribution >= 4 is 6.09 Å². The predicted molar refractivity (Wildman–Crippen MR) is 80.4 cm³/mol. The molecule has 2 N–H and O–H groups in total. The molecule has 114 valence electrons. The van der Waals surface area contributed by atoms with Crippen LogP contribution >= 0.6 is 0 Å². The average molecular weight is 299 g/mol. The van der Waals surface area contributed by atoms with E-state index >= 15 is 0 Å². The van der Waals surface area contributed by atoms with Gasteiger partial charge in [0.15, 0.2) is 0 Å². The van der Waals surface area contributed by atoms with E-state index in [4.69, 9.17) is 9.47 Å². The number of carbonyl (C=O) groups excluding carboxylic acids is 1. The number of benzene rings is 2. The Hall–Kier alpha value is -2.53. The maximum absolute atomic E-state index is 12.0. The second-order valence-electron chi connectivity index (χ2n) is 5.10. The highest BCUT2D eigenvalue weighted by atomic mass is 16.5. The van der Waals surface area contributed by atoms with Crippen molar-refractivity contribution < 1.29 is 19.4 Å². The summed E-state index contributed by atoms with van der Waals surface area (Å²) in [5, 5.41) is 12.8. The summed E-state index contributed by atoms with van der Waals surface area (Å²) < 4.78 is 10.6. The summed E-state index contributed by atoms with van der Waals surface area (Å²) in [4.78, 5) is 12.0. The van der Waals surface area contributed by atoms with Crippen LogP contribution in [-0.4, -0.2) is 23.9 Å². The molecule has 1 amide bonds. The van der Waals surface area contributed by atoms with Crippen LogP contribution in [0.4, 0.5) is 4.79 Å². The van der Waals surface area contributed by atoms with Crippen LogP contribution in [0.1, 0.15) is 17.2 Å². The Morgan fingerprint density at radius 1 is 1.18 bits per heavy atom. The Morgan fingerprint density at radius 3 is 2.73 bits per heavy atom. The van der Waals surface area contributed by atoms with Gasteiger partial charge in [0.2, 0.25) is 0 Å². The molecule has 2 aromatic carbocycles. The van der Waals surface area contributed by atoms with E-state index in [1.54, 1.807) is 0 Å². The van der Waals surface area contributed by atoms with Crippen LogP contribution in [0.5, 0.6) is 5.75 Å². The molecular formula is C17H17NO4. The van der Waals surface area contributed by atoms with E-state index in [1.165, 1.54) is 0 Å². The first-order valence-corrected chi connectivity index (χ1v) is 7.11. The molecule has 0 aromatic heterocycles. The molecule has 0 unspecified atom stereocenters. The maximum atomic E-state index is 12.0. The highest BCUT2D eigenvalue weighted by Crippen LogP contribution is 2.31. The topological polar surface area (TPSA) is 67.8 Å². The van der Waals surface area contributed by atoms with Crippen LogP contribution in [-0.2, 0) is 11.3 Å². The third-order valence-corrected chi connectivity index (χ3v) is 3.53. The van der Waals surface area contributed by atoms with Crippen molar-refractivity contribution in [3.63, 3.8) is 0 Å². The fraction of sp³-hybridized carbons (Fsp3) is 0.235. The first kappa shape index (κ1) is 14.4. The number of aliphatic hydroxyl groups is 1. The summed E-state index contributed by atoms with van der Waals surface area (Å²) in [6.45, 7) is 0.328. The van der Waals surface area contributed by atoms with E-state index in [2.05, 4.69) is 5.32 Å². The number of hydrogen-bond donors (Lipinski definition) is 2. The number of ether oxygens (including phenoxy) is 2. The first-order valence-electron chi connectivity index (χ1n) is 7.11. The van der Waals surface area contributed by atoms with Gasteiger partial charge in [-0.3, -0.25) is 0 Å². The van der Waals surface area contributed by atoms with Crippen molar-refractivity contribution in [1.82, 2.24) is 5.32 Å². The quantitative estimate of drug-likeness (QED) is 0.913. The van der Waals surface area contributed by atoms with E-state index in [0.29, 0.717) is 5.75 Å². The zero-order chi connectivity index (χ0) is 15.4. The molecule has 3 rings (SSSR count). The van der Waals surface area contributed by atoms with Crippen LogP contribution in [0.3, 0.4) is 0 Å². The Morgan fingerprint density at radius 2 is 1.91 bits per heavy atom. The number of nitrogens with one attached hydrogen (secondary N) is 1. The number of aliphatic hydroxyl groups excluding tert-OH is 1. The minimum Gasteiger partial charge on any atom is -0.490 e. The zero-order valence-electron chi connectivity index (χ0n) is 11.9. The van der Waals surface area contributed by atoms with Gasteiger partial charge in [-0.2, -0.15) is 0 Å². The molecule has 1 aliphatic rings. The number of para-hydroxylation sites is 1. The van der Waals surface area contributed by atoms with Crippen LogP contribution in [0, 0.1) is 0 Å². The highest BCUT2D eigenvalue weighted by Gasteiger charge is 2.30. The van der Waals surface area contributed by atoms with Crippen LogP contribution in [0.15, 0.2) is 54.6 Å². The molecule has 5 nitrogen and oxygen atoms in total. The third kappa shape index (κ3) is 3.20. The monoisotopic (exact) mass is 299 g/mol. The van der Waals surface area contributed by atoms with Gasteiger partial charge in [-0.05, 0) is 11.6 Å². The van der Waals surface area contributed by atoms with Crippen LogP contribution in [0.2, 0.25) is 0 Å². The lowest BCUT2D eigenvalue weighted by molar-refractivity contribution is 0.0501. The summed E-state index contributed by atoms with van der Waals surface area (Å²) in [5.74, 6) is 0.668. The number of amides is 1. The molecule has 5 heteroatoms. The molecule has 0 radical (unpaired) electrons. The molecule has 22 heavy (non-hydrogen) atoms. The molecule has 1 heterocycles. The van der Waals surface area contributed by atoms with Gasteiger partial charge in [-0.1, -0.05) is 48.5 Å². The standard InChI is InChI=1S/C17H17NO4/c19-14-11-21-15-9-5-4-8-13(15)16(14)18-17(20)22-10-12-6-2-1-3-7-12/h1-9,14,16,19H,10-11H2,(H,18,20)/t14-,16-/m0/s1. The van der Waals surface area contributed by atoms with Crippen molar-refractivity contribution in [3.8, 4) is 5.75 Å². The molecule has 0 saturated carbocycles. The molecular weight excluding hydrogens is 282 g/mol. The predicted octanol–water partition coefficient (Wildman–Crippen LogP) is 2.41. The molecule has 1 aliphatic heterocycles. The SMILES string of the molecule is O=C(N[C@H]1c2ccccc2OC[C@@H]1O)OCc1ccccc1. The number of hydrogen-bond acceptors (Lipinski definition) is 4. The van der Waals surface area contributed by atoms with Gasteiger partial charge in [0.1, 0.15) is 25.1 Å². The minimum absolute atomic E-state index is 0.140. The smallest absolute Gasteiger partial charge is 0.408 e. The highest BCUT2D eigenvalue weighted by molar-refractivity contribution is 5.68. The molecule has 0 fully saturated rings. The molecule has 2 aromatic rings. The number of fused-ring (bicyclic) bond motifs is 1. The van der Waals surface area contributed by atoms with Gasteiger partial charge in [-0.15, -0.1) is 0 Å². The minimum atomic E-state index is -0.806. The molecule has 2 atom stereocenters. The largest absolute Gasteiger partial charge is 0.490 e. The van der Waals surface area contributed by atoms with E-state index in [-0.39, 0.29) is 13.2 Å². The molecule has 0 aliphatic carbocycles. The third-order valence-electron chi connectivity index (χ3n) is 3.53. The van der Waals surface area contributed by atoms with Crippen molar-refractivity contribution in [1.29, 1.82) is 0 Å². The Balaban J connectivity index is 1.64. The van der Waals surface area contributed by atoms with Crippen LogP contribution < -0.4 is 10.1 Å². The van der Waals surface area contributed by atoms with Gasteiger partial charge in [0.25, 0.3) is 0 Å². The average Bonchev–Trinajstić information content (AvgIpc) is 2.56. The molecule has 0 bridgehead atoms. The number of carbonyl (C=O) groups is 1. The van der Waals surface area contributed by atoms with E-state index in [9.17, 15) is 9.90 Å². The summed E-state index contributed by atoms with van der Waals surface area (Å²) in [5.41, 5.74) is 1.66. The van der Waals surface area contributed by atoms with Gasteiger partial charge in [-0.25, -0.2) is 4.79 Å². The maximum Gasteiger partial charge on any atom is 0.408 e. The lowest BCUT2D eigenvalue weighted by Crippen LogP contribution is -2.42. The van der Waals surface area contributed by atoms with Gasteiger partial charge in [0, 0.05) is 5.56 Å². The second-order valence-corrected chi connectivity index (χ2v) is 5.10. The lowest BCUT2D eigenvalue weighted by Gasteiger charge is -2.30. The fourth-order valence-electron chi connectivity index (χ4n) is 2.41. The van der Waals surface area contributed by atoms with E-state index < -0.39 is 18.2 Å². The summed E-state index contributed by atoms with van der Waals surface area (Å²) in [6, 6.07) is 16.2. The molecule has 0 spiro atoms. The summed E-state index contributed by atoms with van der Waals surface area (Å²) in [6.07, 6.45) is -1.37. The Bertz CT molecular complexity index is 644. The van der Waals surface area contributed by atoms with Gasteiger partial charge < -0.3 is 19.9 Å². The van der Waals surface area contributed by atoms with Crippen molar-refractivity contribution in [2.75, 3.05) is 6.61 Å². The normalized spacial score (nSPS) is 19.7. The lowest BCUT2D eigenvalue weighted by atomic mass is 9.98. The molecule has 0 saturated heterocycles. The first-order chi connectivity index (χ1) is 10.7. The van der Waals surface area contributed by atoms with E-state index in [0.717, 1.165) is 11.1 Å². The van der Waals surface area contributed by atoms with Crippen molar-refractivity contribution in [3.05, 3.63) is 65.7 Å². The number of rotatable bonds is 3. The summed E-state index contributed by atoms with van der Waals surface area (Å²) in [7, 11) is 0.